The number of hydrogen-bond acceptors (Lipinski definition) is 3. The van der Waals surface area contributed by atoms with Gasteiger partial charge in [-0.2, -0.15) is 0 Å². The number of carbonyl (C=O) groups is 2. The van der Waals surface area contributed by atoms with Gasteiger partial charge in [0.15, 0.2) is 0 Å². The van der Waals surface area contributed by atoms with Crippen molar-refractivity contribution < 1.29 is 18.7 Å². The van der Waals surface area contributed by atoms with E-state index in [4.69, 9.17) is 4.74 Å². The lowest BCUT2D eigenvalue weighted by Crippen LogP contribution is -2.57. The molecule has 152 valence electrons. The third-order valence-electron chi connectivity index (χ3n) is 6.66. The Morgan fingerprint density at radius 3 is 2.61 bits per heavy atom. The van der Waals surface area contributed by atoms with Crippen molar-refractivity contribution in [3.63, 3.8) is 0 Å². The zero-order chi connectivity index (χ0) is 19.7. The molecule has 28 heavy (non-hydrogen) atoms. The van der Waals surface area contributed by atoms with Gasteiger partial charge in [0.2, 0.25) is 11.8 Å². The molecular formula is C22H29FN2O3. The Balaban J connectivity index is 1.70. The summed E-state index contributed by atoms with van der Waals surface area (Å²) in [6.45, 7) is 3.29. The van der Waals surface area contributed by atoms with E-state index in [1.807, 2.05) is 4.90 Å². The average molecular weight is 388 g/mol. The number of ether oxygens (including phenoxy) is 1. The van der Waals surface area contributed by atoms with E-state index in [-0.39, 0.29) is 35.6 Å². The van der Waals surface area contributed by atoms with E-state index >= 15 is 0 Å². The maximum absolute atomic E-state index is 13.6. The molecule has 1 N–H and O–H groups in total. The largest absolute Gasteiger partial charge is 0.381 e. The van der Waals surface area contributed by atoms with Crippen molar-refractivity contribution in [1.82, 2.24) is 10.2 Å². The number of likely N-dealkylation sites (tertiary alicyclic amines) is 1. The summed E-state index contributed by atoms with van der Waals surface area (Å²) in [6, 6.07) is 6.26. The van der Waals surface area contributed by atoms with E-state index in [2.05, 4.69) is 12.2 Å². The molecule has 1 aromatic rings. The second-order valence-electron chi connectivity index (χ2n) is 8.63. The smallest absolute Gasteiger partial charge is 0.226 e. The highest BCUT2D eigenvalue weighted by atomic mass is 19.1. The van der Waals surface area contributed by atoms with Gasteiger partial charge in [0.05, 0.1) is 17.6 Å². The molecule has 1 aromatic carbocycles. The number of nitrogens with zero attached hydrogens (tertiary/aromatic N) is 1. The van der Waals surface area contributed by atoms with Gasteiger partial charge in [-0.25, -0.2) is 4.39 Å². The molecular weight excluding hydrogens is 359 g/mol. The molecule has 3 saturated heterocycles. The first kappa shape index (κ1) is 19.4. The summed E-state index contributed by atoms with van der Waals surface area (Å²) in [7, 11) is 0. The van der Waals surface area contributed by atoms with Crippen molar-refractivity contribution in [1.29, 1.82) is 0 Å². The van der Waals surface area contributed by atoms with Crippen LogP contribution < -0.4 is 5.32 Å². The van der Waals surface area contributed by atoms with Gasteiger partial charge in [0.1, 0.15) is 5.82 Å². The van der Waals surface area contributed by atoms with Crippen LogP contribution in [-0.4, -0.2) is 41.5 Å². The standard InChI is InChI=1S/C22H29FN2O3/c1-22-14-18(15-6-8-17(23)9-7-15)25(21(27)16-10-12-28-13-11-16)19(22)4-2-3-5-20(26)24-22/h6-9,16,18-19H,2-5,10-14H2,1H3,(H,24,26)/t18-,19-,22-/m0/s1. The Morgan fingerprint density at radius 1 is 1.18 bits per heavy atom. The summed E-state index contributed by atoms with van der Waals surface area (Å²) in [5, 5.41) is 3.22. The fraction of sp³-hybridized carbons (Fsp3) is 0.636. The Kier molecular flexibility index (Phi) is 5.41. The number of amides is 2. The lowest BCUT2D eigenvalue weighted by atomic mass is 9.85. The zero-order valence-electron chi connectivity index (χ0n) is 16.5. The molecule has 0 unspecified atom stereocenters. The van der Waals surface area contributed by atoms with E-state index < -0.39 is 5.54 Å². The topological polar surface area (TPSA) is 58.6 Å². The van der Waals surface area contributed by atoms with Gasteiger partial charge in [-0.05, 0) is 56.7 Å². The quantitative estimate of drug-likeness (QED) is 0.845. The van der Waals surface area contributed by atoms with Crippen molar-refractivity contribution in [2.45, 2.75) is 69.5 Å². The van der Waals surface area contributed by atoms with Crippen LogP contribution in [0.2, 0.25) is 0 Å². The van der Waals surface area contributed by atoms with Crippen molar-refractivity contribution in [3.05, 3.63) is 35.6 Å². The first-order chi connectivity index (χ1) is 13.5. The molecule has 0 aliphatic carbocycles. The van der Waals surface area contributed by atoms with Crippen LogP contribution in [0.25, 0.3) is 0 Å². The lowest BCUT2D eigenvalue weighted by Gasteiger charge is -2.40. The maximum Gasteiger partial charge on any atom is 0.226 e. The molecule has 2 amide bonds. The van der Waals surface area contributed by atoms with Crippen LogP contribution >= 0.6 is 0 Å². The highest BCUT2D eigenvalue weighted by Crippen LogP contribution is 2.46. The van der Waals surface area contributed by atoms with Crippen molar-refractivity contribution in [2.75, 3.05) is 13.2 Å². The lowest BCUT2D eigenvalue weighted by molar-refractivity contribution is -0.143. The Labute approximate surface area is 165 Å². The van der Waals surface area contributed by atoms with Gasteiger partial charge < -0.3 is 15.0 Å². The minimum Gasteiger partial charge on any atom is -0.381 e. The number of nitrogens with one attached hydrogen (secondary N) is 1. The maximum atomic E-state index is 13.6. The molecule has 0 saturated carbocycles. The molecule has 3 atom stereocenters. The number of halogens is 1. The first-order valence-corrected chi connectivity index (χ1v) is 10.4. The van der Waals surface area contributed by atoms with Crippen LogP contribution in [-0.2, 0) is 14.3 Å². The number of hydrogen-bond donors (Lipinski definition) is 1. The van der Waals surface area contributed by atoms with E-state index in [0.29, 0.717) is 26.1 Å². The monoisotopic (exact) mass is 388 g/mol. The fourth-order valence-corrected chi connectivity index (χ4v) is 5.18. The van der Waals surface area contributed by atoms with E-state index in [0.717, 1.165) is 37.7 Å². The molecule has 5 nitrogen and oxygen atoms in total. The van der Waals surface area contributed by atoms with E-state index in [9.17, 15) is 14.0 Å². The summed E-state index contributed by atoms with van der Waals surface area (Å²) in [6.07, 6.45) is 5.33. The van der Waals surface area contributed by atoms with Crippen LogP contribution in [0.3, 0.4) is 0 Å². The van der Waals surface area contributed by atoms with Gasteiger partial charge in [-0.15, -0.1) is 0 Å². The summed E-state index contributed by atoms with van der Waals surface area (Å²) in [4.78, 5) is 28.0. The molecule has 0 bridgehead atoms. The van der Waals surface area contributed by atoms with Gasteiger partial charge >= 0.3 is 0 Å². The average Bonchev–Trinajstić information content (AvgIpc) is 2.96. The molecule has 0 radical (unpaired) electrons. The predicted octanol–water partition coefficient (Wildman–Crippen LogP) is 3.34. The summed E-state index contributed by atoms with van der Waals surface area (Å²) in [5.41, 5.74) is 0.473. The third-order valence-corrected chi connectivity index (χ3v) is 6.66. The number of carbonyl (C=O) groups excluding carboxylic acids is 2. The van der Waals surface area contributed by atoms with Crippen molar-refractivity contribution in [2.24, 2.45) is 5.92 Å². The van der Waals surface area contributed by atoms with Crippen molar-refractivity contribution >= 4 is 11.8 Å². The summed E-state index contributed by atoms with van der Waals surface area (Å²) < 4.78 is 18.9. The van der Waals surface area contributed by atoms with Gasteiger partial charge in [-0.1, -0.05) is 18.6 Å². The number of rotatable bonds is 2. The second kappa shape index (κ2) is 7.82. The normalized spacial score (nSPS) is 31.6. The minimum absolute atomic E-state index is 0.0397. The van der Waals surface area contributed by atoms with Crippen LogP contribution in [0.5, 0.6) is 0 Å². The Bertz CT molecular complexity index is 732. The SMILES string of the molecule is C[C@]12C[C@@H](c3ccc(F)cc3)N(C(=O)C3CCOCC3)[C@H]1CCCCC(=O)N2. The van der Waals surface area contributed by atoms with Crippen molar-refractivity contribution in [3.8, 4) is 0 Å². The van der Waals surface area contributed by atoms with Gasteiger partial charge in [0.25, 0.3) is 0 Å². The molecule has 0 spiro atoms. The van der Waals surface area contributed by atoms with Crippen LogP contribution in [0.1, 0.15) is 63.5 Å². The van der Waals surface area contributed by atoms with Gasteiger partial charge in [0, 0.05) is 25.6 Å². The molecule has 0 aromatic heterocycles. The highest BCUT2D eigenvalue weighted by molar-refractivity contribution is 5.81. The fourth-order valence-electron chi connectivity index (χ4n) is 5.18. The Hall–Kier alpha value is -1.95. The summed E-state index contributed by atoms with van der Waals surface area (Å²) >= 11 is 0. The molecule has 3 fully saturated rings. The summed E-state index contributed by atoms with van der Waals surface area (Å²) in [5.74, 6) is -0.110. The molecule has 3 aliphatic heterocycles. The minimum atomic E-state index is -0.461. The van der Waals surface area contributed by atoms with Gasteiger partial charge in [-0.3, -0.25) is 9.59 Å². The Morgan fingerprint density at radius 2 is 1.89 bits per heavy atom. The second-order valence-corrected chi connectivity index (χ2v) is 8.63. The number of fused-ring (bicyclic) bond motifs is 1. The predicted molar refractivity (Wildman–Crippen MR) is 103 cm³/mol. The van der Waals surface area contributed by atoms with Crippen LogP contribution in [0.15, 0.2) is 24.3 Å². The molecule has 6 heteroatoms. The third kappa shape index (κ3) is 3.66. The first-order valence-electron chi connectivity index (χ1n) is 10.4. The molecule has 4 rings (SSSR count). The molecule has 3 aliphatic rings. The van der Waals surface area contributed by atoms with Crippen LogP contribution in [0.4, 0.5) is 4.39 Å². The molecule has 3 heterocycles. The van der Waals surface area contributed by atoms with E-state index in [1.165, 1.54) is 12.1 Å². The van der Waals surface area contributed by atoms with Crippen LogP contribution in [0, 0.1) is 11.7 Å². The van der Waals surface area contributed by atoms with E-state index in [1.54, 1.807) is 12.1 Å². The highest BCUT2D eigenvalue weighted by Gasteiger charge is 2.53. The number of benzene rings is 1. The zero-order valence-corrected chi connectivity index (χ0v) is 16.5.